The highest BCUT2D eigenvalue weighted by atomic mass is 32.1. The quantitative estimate of drug-likeness (QED) is 0.782. The minimum atomic E-state index is 0.0911. The average molecular weight is 292 g/mol. The third-order valence-corrected chi connectivity index (χ3v) is 3.83. The van der Waals surface area contributed by atoms with Gasteiger partial charge in [-0.15, -0.1) is 0 Å². The zero-order valence-electron chi connectivity index (χ0n) is 12.6. The lowest BCUT2D eigenvalue weighted by atomic mass is 9.97. The van der Waals surface area contributed by atoms with Gasteiger partial charge in [-0.25, -0.2) is 0 Å². The summed E-state index contributed by atoms with van der Waals surface area (Å²) in [6.45, 7) is 4.21. The van der Waals surface area contributed by atoms with Crippen LogP contribution in [0.5, 0.6) is 0 Å². The molecule has 3 nitrogen and oxygen atoms in total. The van der Waals surface area contributed by atoms with E-state index in [-0.39, 0.29) is 11.8 Å². The molecule has 0 heterocycles. The predicted molar refractivity (Wildman–Crippen MR) is 89.0 cm³/mol. The monoisotopic (exact) mass is 292 g/mol. The Morgan fingerprint density at radius 3 is 2.65 bits per heavy atom. The lowest BCUT2D eigenvalue weighted by Crippen LogP contribution is -2.32. The minimum Gasteiger partial charge on any atom is -0.389 e. The van der Waals surface area contributed by atoms with Gasteiger partial charge in [0.2, 0.25) is 5.91 Å². The van der Waals surface area contributed by atoms with Gasteiger partial charge < -0.3 is 10.6 Å². The highest BCUT2D eigenvalue weighted by Crippen LogP contribution is 2.21. The molecule has 0 aliphatic heterocycles. The number of carbonyl (C=O) groups excluding carboxylic acids is 1. The van der Waals surface area contributed by atoms with Gasteiger partial charge in [-0.2, -0.15) is 0 Å². The first kappa shape index (κ1) is 16.6. The topological polar surface area (TPSA) is 46.3 Å². The Morgan fingerprint density at radius 1 is 1.40 bits per heavy atom. The summed E-state index contributed by atoms with van der Waals surface area (Å²) in [4.78, 5) is 14.6. The molecule has 0 radical (unpaired) electrons. The number of hydrogen-bond donors (Lipinski definition) is 1. The van der Waals surface area contributed by atoms with Gasteiger partial charge >= 0.3 is 0 Å². The summed E-state index contributed by atoms with van der Waals surface area (Å²) in [6, 6.07) is 7.51. The summed E-state index contributed by atoms with van der Waals surface area (Å²) < 4.78 is 0. The number of carbonyl (C=O) groups is 1. The number of nitrogens with two attached hydrogens (primary N) is 1. The number of benzene rings is 1. The van der Waals surface area contributed by atoms with Crippen LogP contribution in [0.3, 0.4) is 0 Å². The van der Waals surface area contributed by atoms with E-state index < -0.39 is 0 Å². The van der Waals surface area contributed by atoms with Gasteiger partial charge in [0.05, 0.1) is 0 Å². The first-order chi connectivity index (χ1) is 9.51. The van der Waals surface area contributed by atoms with Gasteiger partial charge in [-0.3, -0.25) is 4.79 Å². The molecule has 0 aliphatic rings. The van der Waals surface area contributed by atoms with Gasteiger partial charge in [0.25, 0.3) is 0 Å². The Morgan fingerprint density at radius 2 is 2.10 bits per heavy atom. The van der Waals surface area contributed by atoms with Crippen molar-refractivity contribution >= 4 is 28.8 Å². The van der Waals surface area contributed by atoms with Crippen molar-refractivity contribution in [2.75, 3.05) is 11.9 Å². The molecule has 0 spiro atoms. The van der Waals surface area contributed by atoms with Crippen molar-refractivity contribution in [2.45, 2.75) is 39.5 Å². The number of rotatable bonds is 7. The molecule has 0 aliphatic carbocycles. The molecule has 0 bridgehead atoms. The van der Waals surface area contributed by atoms with E-state index in [0.717, 1.165) is 36.9 Å². The molecule has 20 heavy (non-hydrogen) atoms. The molecular weight excluding hydrogens is 268 g/mol. The fourth-order valence-electron chi connectivity index (χ4n) is 2.22. The van der Waals surface area contributed by atoms with E-state index in [1.165, 1.54) is 0 Å². The molecule has 0 saturated carbocycles. The molecule has 1 unspecified atom stereocenters. The Bertz CT molecular complexity index is 473. The molecule has 0 saturated heterocycles. The first-order valence-electron chi connectivity index (χ1n) is 7.18. The number of hydrogen-bond acceptors (Lipinski definition) is 2. The van der Waals surface area contributed by atoms with Crippen molar-refractivity contribution in [2.24, 2.45) is 11.7 Å². The fourth-order valence-corrected chi connectivity index (χ4v) is 2.35. The molecule has 1 rings (SSSR count). The summed E-state index contributed by atoms with van der Waals surface area (Å²) in [5.41, 5.74) is 7.27. The van der Waals surface area contributed by atoms with Crippen LogP contribution in [0.2, 0.25) is 0 Å². The number of nitrogens with zero attached hydrogens (tertiary/aromatic N) is 1. The number of anilines is 1. The average Bonchev–Trinajstić information content (AvgIpc) is 2.47. The summed E-state index contributed by atoms with van der Waals surface area (Å²) >= 11 is 4.98. The van der Waals surface area contributed by atoms with E-state index in [0.29, 0.717) is 4.99 Å². The molecule has 1 atom stereocenters. The lowest BCUT2D eigenvalue weighted by molar-refractivity contribution is -0.122. The summed E-state index contributed by atoms with van der Waals surface area (Å²) in [5, 5.41) is 0. The van der Waals surface area contributed by atoms with Gasteiger partial charge in [0, 0.05) is 24.2 Å². The van der Waals surface area contributed by atoms with Crippen molar-refractivity contribution in [1.82, 2.24) is 0 Å². The van der Waals surface area contributed by atoms with Crippen LogP contribution < -0.4 is 10.6 Å². The van der Waals surface area contributed by atoms with Crippen LogP contribution in [0.1, 0.15) is 45.1 Å². The van der Waals surface area contributed by atoms with Crippen LogP contribution in [-0.4, -0.2) is 17.9 Å². The number of unbranched alkanes of at least 4 members (excludes halogenated alkanes) is 1. The van der Waals surface area contributed by atoms with Crippen LogP contribution in [-0.2, 0) is 4.79 Å². The lowest BCUT2D eigenvalue weighted by Gasteiger charge is -2.23. The van der Waals surface area contributed by atoms with Crippen molar-refractivity contribution < 1.29 is 4.79 Å². The molecule has 4 heteroatoms. The van der Waals surface area contributed by atoms with Crippen LogP contribution in [0.15, 0.2) is 24.3 Å². The normalized spacial score (nSPS) is 11.9. The minimum absolute atomic E-state index is 0.0911. The van der Waals surface area contributed by atoms with E-state index >= 15 is 0 Å². The van der Waals surface area contributed by atoms with Crippen molar-refractivity contribution in [3.8, 4) is 0 Å². The molecule has 0 fully saturated rings. The molecule has 2 N–H and O–H groups in total. The highest BCUT2D eigenvalue weighted by molar-refractivity contribution is 7.80. The SMILES string of the molecule is CCCCC(CC)C(=O)N(C)c1cccc(C(N)=S)c1. The summed E-state index contributed by atoms with van der Waals surface area (Å²) in [7, 11) is 1.82. The van der Waals surface area contributed by atoms with E-state index in [1.54, 1.807) is 4.90 Å². The van der Waals surface area contributed by atoms with Gasteiger partial charge in [0.15, 0.2) is 0 Å². The Hall–Kier alpha value is -1.42. The molecular formula is C16H24N2OS. The van der Waals surface area contributed by atoms with Crippen LogP contribution >= 0.6 is 12.2 Å². The van der Waals surface area contributed by atoms with Crippen LogP contribution in [0, 0.1) is 5.92 Å². The zero-order chi connectivity index (χ0) is 15.1. The fraction of sp³-hybridized carbons (Fsp3) is 0.500. The molecule has 0 aromatic heterocycles. The zero-order valence-corrected chi connectivity index (χ0v) is 13.4. The maximum absolute atomic E-state index is 12.5. The van der Waals surface area contributed by atoms with Gasteiger partial charge in [0.1, 0.15) is 4.99 Å². The smallest absolute Gasteiger partial charge is 0.229 e. The van der Waals surface area contributed by atoms with Gasteiger partial charge in [-0.1, -0.05) is 51.0 Å². The largest absolute Gasteiger partial charge is 0.389 e. The standard InChI is InChI=1S/C16H24N2OS/c1-4-6-8-12(5-2)16(19)18(3)14-10-7-9-13(11-14)15(17)20/h7,9-12H,4-6,8H2,1-3H3,(H2,17,20). The van der Waals surface area contributed by atoms with Crippen LogP contribution in [0.4, 0.5) is 5.69 Å². The first-order valence-corrected chi connectivity index (χ1v) is 7.59. The second-order valence-electron chi connectivity index (χ2n) is 5.06. The van der Waals surface area contributed by atoms with E-state index in [2.05, 4.69) is 13.8 Å². The summed E-state index contributed by atoms with van der Waals surface area (Å²) in [6.07, 6.45) is 4.03. The van der Waals surface area contributed by atoms with E-state index in [4.69, 9.17) is 18.0 Å². The van der Waals surface area contributed by atoms with Crippen molar-refractivity contribution in [1.29, 1.82) is 0 Å². The molecule has 1 aromatic rings. The maximum Gasteiger partial charge on any atom is 0.229 e. The highest BCUT2D eigenvalue weighted by Gasteiger charge is 2.21. The Balaban J connectivity index is 2.87. The predicted octanol–water partition coefficient (Wildman–Crippen LogP) is 3.50. The van der Waals surface area contributed by atoms with E-state index in [1.807, 2.05) is 31.3 Å². The van der Waals surface area contributed by atoms with Gasteiger partial charge in [-0.05, 0) is 25.0 Å². The van der Waals surface area contributed by atoms with Crippen molar-refractivity contribution in [3.63, 3.8) is 0 Å². The number of amides is 1. The molecule has 110 valence electrons. The second kappa shape index (κ2) is 8.00. The Labute approximate surface area is 127 Å². The Kier molecular flexibility index (Phi) is 6.65. The van der Waals surface area contributed by atoms with Crippen molar-refractivity contribution in [3.05, 3.63) is 29.8 Å². The van der Waals surface area contributed by atoms with E-state index in [9.17, 15) is 4.79 Å². The molecule has 1 amide bonds. The third kappa shape index (κ3) is 4.30. The van der Waals surface area contributed by atoms with Crippen LogP contribution in [0.25, 0.3) is 0 Å². The third-order valence-electron chi connectivity index (χ3n) is 3.60. The second-order valence-corrected chi connectivity index (χ2v) is 5.50. The summed E-state index contributed by atoms with van der Waals surface area (Å²) in [5.74, 6) is 0.259. The number of thiocarbonyl (C=S) groups is 1. The molecule has 1 aromatic carbocycles. The maximum atomic E-state index is 12.5.